The first kappa shape index (κ1) is 10.4. The molecule has 0 bridgehead atoms. The lowest BCUT2D eigenvalue weighted by atomic mass is 10.1. The van der Waals surface area contributed by atoms with Gasteiger partial charge >= 0.3 is 0 Å². The standard InChI is InChI=1S/C10H12FN5/c11-8-4-2-1-3-7(8)5-6-13-10-14-9(12)15-16-10/h1-4H,5-6H2,(H4,12,13,14,15,16). The molecule has 0 saturated carbocycles. The molecule has 84 valence electrons. The van der Waals surface area contributed by atoms with E-state index in [4.69, 9.17) is 5.73 Å². The Balaban J connectivity index is 1.87. The molecule has 0 amide bonds. The van der Waals surface area contributed by atoms with Gasteiger partial charge in [0.25, 0.3) is 0 Å². The van der Waals surface area contributed by atoms with Crippen LogP contribution in [-0.4, -0.2) is 21.7 Å². The van der Waals surface area contributed by atoms with Gasteiger partial charge in [0, 0.05) is 6.54 Å². The van der Waals surface area contributed by atoms with Crippen LogP contribution >= 0.6 is 0 Å². The molecule has 0 aliphatic heterocycles. The van der Waals surface area contributed by atoms with E-state index >= 15 is 0 Å². The molecular formula is C10H12FN5. The lowest BCUT2D eigenvalue weighted by Crippen LogP contribution is -2.07. The van der Waals surface area contributed by atoms with Crippen LogP contribution in [0.15, 0.2) is 24.3 Å². The zero-order chi connectivity index (χ0) is 11.4. The van der Waals surface area contributed by atoms with E-state index in [2.05, 4.69) is 20.5 Å². The third kappa shape index (κ3) is 2.47. The number of nitrogens with one attached hydrogen (secondary N) is 2. The molecule has 0 aliphatic carbocycles. The highest BCUT2D eigenvalue weighted by molar-refractivity contribution is 5.30. The van der Waals surface area contributed by atoms with E-state index in [0.29, 0.717) is 24.5 Å². The van der Waals surface area contributed by atoms with Gasteiger partial charge in [-0.3, -0.25) is 0 Å². The fourth-order valence-electron chi connectivity index (χ4n) is 1.36. The Morgan fingerprint density at radius 3 is 2.88 bits per heavy atom. The first-order valence-electron chi connectivity index (χ1n) is 4.91. The number of rotatable bonds is 4. The van der Waals surface area contributed by atoms with E-state index in [9.17, 15) is 4.39 Å². The highest BCUT2D eigenvalue weighted by Gasteiger charge is 2.02. The zero-order valence-electron chi connectivity index (χ0n) is 8.57. The molecule has 0 unspecified atom stereocenters. The van der Waals surface area contributed by atoms with Crippen molar-refractivity contribution in [1.29, 1.82) is 0 Å². The Bertz CT molecular complexity index is 468. The monoisotopic (exact) mass is 221 g/mol. The molecule has 0 saturated heterocycles. The summed E-state index contributed by atoms with van der Waals surface area (Å²) < 4.78 is 13.2. The fourth-order valence-corrected chi connectivity index (χ4v) is 1.36. The highest BCUT2D eigenvalue weighted by Crippen LogP contribution is 2.07. The first-order chi connectivity index (χ1) is 7.75. The second-order valence-electron chi connectivity index (χ2n) is 3.31. The number of hydrogen-bond acceptors (Lipinski definition) is 4. The number of nitrogens with two attached hydrogens (primary N) is 1. The van der Waals surface area contributed by atoms with Gasteiger partial charge in [-0.15, -0.1) is 5.10 Å². The molecule has 4 N–H and O–H groups in total. The summed E-state index contributed by atoms with van der Waals surface area (Å²) in [7, 11) is 0. The quantitative estimate of drug-likeness (QED) is 0.724. The van der Waals surface area contributed by atoms with Gasteiger partial charge in [-0.1, -0.05) is 18.2 Å². The van der Waals surface area contributed by atoms with E-state index < -0.39 is 0 Å². The Morgan fingerprint density at radius 2 is 2.19 bits per heavy atom. The highest BCUT2D eigenvalue weighted by atomic mass is 19.1. The fraction of sp³-hybridized carbons (Fsp3) is 0.200. The maximum absolute atomic E-state index is 13.2. The van der Waals surface area contributed by atoms with Crippen LogP contribution in [0.25, 0.3) is 0 Å². The summed E-state index contributed by atoms with van der Waals surface area (Å²) in [6.45, 7) is 0.554. The summed E-state index contributed by atoms with van der Waals surface area (Å²) in [5.74, 6) is 0.487. The van der Waals surface area contributed by atoms with Crippen LogP contribution in [0.4, 0.5) is 16.3 Å². The smallest absolute Gasteiger partial charge is 0.243 e. The van der Waals surface area contributed by atoms with Crippen molar-refractivity contribution in [2.24, 2.45) is 0 Å². The minimum Gasteiger partial charge on any atom is -0.368 e. The molecular weight excluding hydrogens is 209 g/mol. The number of nitrogen functional groups attached to an aromatic ring is 1. The summed E-state index contributed by atoms with van der Waals surface area (Å²) in [4.78, 5) is 3.87. The average molecular weight is 221 g/mol. The normalized spacial score (nSPS) is 10.3. The topological polar surface area (TPSA) is 79.6 Å². The van der Waals surface area contributed by atoms with Crippen molar-refractivity contribution in [1.82, 2.24) is 15.2 Å². The largest absolute Gasteiger partial charge is 0.368 e. The Labute approximate surface area is 91.9 Å². The van der Waals surface area contributed by atoms with Gasteiger partial charge in [-0.2, -0.15) is 4.98 Å². The predicted molar refractivity (Wildman–Crippen MR) is 59.4 cm³/mol. The molecule has 0 spiro atoms. The minimum absolute atomic E-state index is 0.196. The van der Waals surface area contributed by atoms with Crippen molar-refractivity contribution in [2.75, 3.05) is 17.6 Å². The van der Waals surface area contributed by atoms with Crippen molar-refractivity contribution < 1.29 is 4.39 Å². The van der Waals surface area contributed by atoms with Crippen LogP contribution in [0, 0.1) is 5.82 Å². The van der Waals surface area contributed by atoms with Gasteiger partial charge in [0.05, 0.1) is 0 Å². The third-order valence-corrected chi connectivity index (χ3v) is 2.14. The number of benzene rings is 1. The molecule has 0 aliphatic rings. The maximum atomic E-state index is 13.2. The molecule has 1 heterocycles. The second-order valence-corrected chi connectivity index (χ2v) is 3.31. The average Bonchev–Trinajstić information content (AvgIpc) is 2.67. The van der Waals surface area contributed by atoms with E-state index in [0.717, 1.165) is 0 Å². The number of halogens is 1. The van der Waals surface area contributed by atoms with Crippen LogP contribution in [0.1, 0.15) is 5.56 Å². The van der Waals surface area contributed by atoms with E-state index in [1.54, 1.807) is 12.1 Å². The first-order valence-corrected chi connectivity index (χ1v) is 4.91. The molecule has 2 aromatic rings. The lowest BCUT2D eigenvalue weighted by molar-refractivity contribution is 0.610. The molecule has 5 nitrogen and oxygen atoms in total. The van der Waals surface area contributed by atoms with Gasteiger partial charge in [0.2, 0.25) is 11.9 Å². The molecule has 16 heavy (non-hydrogen) atoms. The predicted octanol–water partition coefficient (Wildman–Crippen LogP) is 1.18. The van der Waals surface area contributed by atoms with Crippen molar-refractivity contribution >= 4 is 11.9 Å². The second kappa shape index (κ2) is 4.61. The van der Waals surface area contributed by atoms with Gasteiger partial charge in [-0.05, 0) is 18.1 Å². The van der Waals surface area contributed by atoms with Gasteiger partial charge in [0.1, 0.15) is 5.82 Å². The van der Waals surface area contributed by atoms with Gasteiger partial charge in [-0.25, -0.2) is 9.49 Å². The van der Waals surface area contributed by atoms with Crippen LogP contribution in [-0.2, 0) is 6.42 Å². The van der Waals surface area contributed by atoms with E-state index in [-0.39, 0.29) is 11.8 Å². The number of nitrogens with zero attached hydrogens (tertiary/aromatic N) is 2. The number of aromatic amines is 1. The molecule has 0 atom stereocenters. The maximum Gasteiger partial charge on any atom is 0.243 e. The summed E-state index contributed by atoms with van der Waals surface area (Å²) in [5, 5.41) is 9.25. The van der Waals surface area contributed by atoms with Crippen LogP contribution in [0.3, 0.4) is 0 Å². The minimum atomic E-state index is -0.196. The van der Waals surface area contributed by atoms with Crippen molar-refractivity contribution in [3.8, 4) is 0 Å². The van der Waals surface area contributed by atoms with Gasteiger partial charge in [0.15, 0.2) is 0 Å². The summed E-state index contributed by atoms with van der Waals surface area (Å²) in [6, 6.07) is 6.68. The van der Waals surface area contributed by atoms with Crippen molar-refractivity contribution in [2.45, 2.75) is 6.42 Å². The number of H-pyrrole nitrogens is 1. The van der Waals surface area contributed by atoms with Crippen LogP contribution in [0.2, 0.25) is 0 Å². The van der Waals surface area contributed by atoms with Gasteiger partial charge < -0.3 is 11.1 Å². The lowest BCUT2D eigenvalue weighted by Gasteiger charge is -2.03. The Morgan fingerprint density at radius 1 is 1.38 bits per heavy atom. The number of anilines is 2. The Hall–Kier alpha value is -2.11. The molecule has 1 aromatic carbocycles. The molecule has 0 radical (unpaired) electrons. The van der Waals surface area contributed by atoms with Crippen LogP contribution < -0.4 is 11.1 Å². The van der Waals surface area contributed by atoms with Crippen molar-refractivity contribution in [3.63, 3.8) is 0 Å². The summed E-state index contributed by atoms with van der Waals surface area (Å²) >= 11 is 0. The number of aromatic nitrogens is 3. The van der Waals surface area contributed by atoms with E-state index in [1.165, 1.54) is 6.07 Å². The van der Waals surface area contributed by atoms with E-state index in [1.807, 2.05) is 6.07 Å². The molecule has 0 fully saturated rings. The van der Waals surface area contributed by atoms with Crippen molar-refractivity contribution in [3.05, 3.63) is 35.6 Å². The number of hydrogen-bond donors (Lipinski definition) is 3. The molecule has 6 heteroatoms. The zero-order valence-corrected chi connectivity index (χ0v) is 8.57. The molecule has 2 rings (SSSR count). The Kier molecular flexibility index (Phi) is 3.00. The summed E-state index contributed by atoms with van der Waals surface area (Å²) in [6.07, 6.45) is 0.571. The summed E-state index contributed by atoms with van der Waals surface area (Å²) in [5.41, 5.74) is 6.02. The molecule has 1 aromatic heterocycles. The van der Waals surface area contributed by atoms with Crippen LogP contribution in [0.5, 0.6) is 0 Å². The third-order valence-electron chi connectivity index (χ3n) is 2.14. The SMILES string of the molecule is Nc1nc(NCCc2ccccc2F)n[nH]1.